The second kappa shape index (κ2) is 4.12. The molecule has 3 rings (SSSR count). The van der Waals surface area contributed by atoms with Crippen molar-refractivity contribution in [1.82, 2.24) is 4.57 Å². The number of carbonyl (C=O) groups is 1. The van der Waals surface area contributed by atoms with Crippen molar-refractivity contribution in [3.63, 3.8) is 0 Å². The van der Waals surface area contributed by atoms with Crippen LogP contribution >= 0.6 is 0 Å². The highest BCUT2D eigenvalue weighted by atomic mass is 16.4. The fourth-order valence-electron chi connectivity index (χ4n) is 2.23. The quantitative estimate of drug-likeness (QED) is 0.685. The van der Waals surface area contributed by atoms with Crippen LogP contribution in [0.1, 0.15) is 21.7 Å². The first kappa shape index (κ1) is 12.3. The number of fused-ring (bicyclic) bond motifs is 1. The Hall–Kier alpha value is -2.76. The van der Waals surface area contributed by atoms with E-state index in [0.717, 1.165) is 4.57 Å². The highest BCUT2D eigenvalue weighted by molar-refractivity contribution is 6.02. The second-order valence-corrected chi connectivity index (χ2v) is 4.59. The normalized spacial score (nSPS) is 11.1. The average Bonchev–Trinajstić information content (AvgIpc) is 2.88. The van der Waals surface area contributed by atoms with E-state index in [1.54, 1.807) is 26.0 Å². The molecule has 0 atom stereocenters. The molecule has 6 heteroatoms. The Kier molecular flexibility index (Phi) is 2.53. The maximum Gasteiger partial charge on any atom is 0.427 e. The monoisotopic (exact) mass is 272 g/mol. The molecule has 0 radical (unpaired) electrons. The van der Waals surface area contributed by atoms with E-state index in [-0.39, 0.29) is 0 Å². The van der Waals surface area contributed by atoms with E-state index in [9.17, 15) is 9.59 Å². The van der Waals surface area contributed by atoms with Gasteiger partial charge in [0.25, 0.3) is 5.91 Å². The molecule has 0 saturated carbocycles. The maximum absolute atomic E-state index is 12.6. The number of nitrogen functional groups attached to an aromatic ring is 1. The largest absolute Gasteiger partial charge is 0.469 e. The summed E-state index contributed by atoms with van der Waals surface area (Å²) in [6.45, 7) is 3.41. The van der Waals surface area contributed by atoms with E-state index in [4.69, 9.17) is 14.6 Å². The number of hydrogen-bond donors (Lipinski definition) is 1. The Morgan fingerprint density at radius 1 is 1.30 bits per heavy atom. The fraction of sp³-hybridized carbons (Fsp3) is 0.143. The zero-order chi connectivity index (χ0) is 14.4. The van der Waals surface area contributed by atoms with E-state index in [1.807, 2.05) is 0 Å². The highest BCUT2D eigenvalue weighted by Crippen LogP contribution is 2.21. The molecule has 102 valence electrons. The number of carbonyl (C=O) groups excluding carboxylic acids is 1. The SMILES string of the molecule is Cc1coc(C)c1C(=O)n1c(=O)oc2ccc(N)cc21. The zero-order valence-corrected chi connectivity index (χ0v) is 11.0. The maximum atomic E-state index is 12.6. The Morgan fingerprint density at radius 3 is 2.70 bits per heavy atom. The third kappa shape index (κ3) is 1.65. The molecule has 0 aliphatic heterocycles. The molecule has 0 amide bonds. The second-order valence-electron chi connectivity index (χ2n) is 4.59. The van der Waals surface area contributed by atoms with Gasteiger partial charge in [-0.05, 0) is 32.0 Å². The molecule has 6 nitrogen and oxygen atoms in total. The van der Waals surface area contributed by atoms with Gasteiger partial charge in [-0.3, -0.25) is 4.79 Å². The molecule has 0 spiro atoms. The number of aromatic nitrogens is 1. The molecule has 3 aromatic rings. The van der Waals surface area contributed by atoms with Crippen LogP contribution in [0.5, 0.6) is 0 Å². The summed E-state index contributed by atoms with van der Waals surface area (Å²) in [5, 5.41) is 0. The standard InChI is InChI=1S/C14H12N2O4/c1-7-6-19-8(2)12(7)13(17)16-10-5-9(15)3-4-11(10)20-14(16)18/h3-6H,15H2,1-2H3. The van der Waals surface area contributed by atoms with Gasteiger partial charge in [0.05, 0.1) is 11.8 Å². The van der Waals surface area contributed by atoms with Crippen LogP contribution in [0.2, 0.25) is 0 Å². The summed E-state index contributed by atoms with van der Waals surface area (Å²) in [6.07, 6.45) is 1.48. The fourth-order valence-corrected chi connectivity index (χ4v) is 2.23. The van der Waals surface area contributed by atoms with Gasteiger partial charge in [-0.2, -0.15) is 0 Å². The lowest BCUT2D eigenvalue weighted by Gasteiger charge is -2.01. The molecule has 1 aromatic carbocycles. The Bertz CT molecular complexity index is 863. The molecule has 2 N–H and O–H groups in total. The lowest BCUT2D eigenvalue weighted by molar-refractivity contribution is 0.0954. The van der Waals surface area contributed by atoms with E-state index in [2.05, 4.69) is 0 Å². The van der Waals surface area contributed by atoms with Crippen molar-refractivity contribution >= 4 is 22.7 Å². The van der Waals surface area contributed by atoms with E-state index >= 15 is 0 Å². The first-order valence-corrected chi connectivity index (χ1v) is 5.99. The number of benzene rings is 1. The minimum absolute atomic E-state index is 0.316. The number of aryl methyl sites for hydroxylation is 2. The number of hydrogen-bond acceptors (Lipinski definition) is 5. The summed E-state index contributed by atoms with van der Waals surface area (Å²) in [6, 6.07) is 4.70. The molecule has 2 aromatic heterocycles. The van der Waals surface area contributed by atoms with Gasteiger partial charge in [0.15, 0.2) is 5.58 Å². The van der Waals surface area contributed by atoms with Crippen LogP contribution in [0, 0.1) is 13.8 Å². The molecule has 0 unspecified atom stereocenters. The lowest BCUT2D eigenvalue weighted by Crippen LogP contribution is -2.24. The summed E-state index contributed by atoms with van der Waals surface area (Å²) in [5.41, 5.74) is 7.83. The minimum atomic E-state index is -0.740. The van der Waals surface area contributed by atoms with Gasteiger partial charge in [0, 0.05) is 11.3 Å². The van der Waals surface area contributed by atoms with Crippen molar-refractivity contribution in [2.24, 2.45) is 0 Å². The van der Waals surface area contributed by atoms with Crippen LogP contribution < -0.4 is 11.5 Å². The highest BCUT2D eigenvalue weighted by Gasteiger charge is 2.22. The predicted octanol–water partition coefficient (Wildman–Crippen LogP) is 2.08. The number of nitrogens with zero attached hydrogens (tertiary/aromatic N) is 1. The van der Waals surface area contributed by atoms with Crippen molar-refractivity contribution in [2.75, 3.05) is 5.73 Å². The number of furan rings is 1. The van der Waals surface area contributed by atoms with Gasteiger partial charge < -0.3 is 14.6 Å². The zero-order valence-electron chi connectivity index (χ0n) is 11.0. The van der Waals surface area contributed by atoms with Crippen molar-refractivity contribution in [3.8, 4) is 0 Å². The van der Waals surface area contributed by atoms with Crippen LogP contribution in [-0.2, 0) is 0 Å². The molecule has 0 bridgehead atoms. The molecule has 20 heavy (non-hydrogen) atoms. The average molecular weight is 272 g/mol. The molecule has 0 saturated heterocycles. The smallest absolute Gasteiger partial charge is 0.427 e. The van der Waals surface area contributed by atoms with Crippen LogP contribution in [0.25, 0.3) is 11.1 Å². The molecule has 0 fully saturated rings. The van der Waals surface area contributed by atoms with Gasteiger partial charge in [0.2, 0.25) is 0 Å². The minimum Gasteiger partial charge on any atom is -0.469 e. The van der Waals surface area contributed by atoms with Crippen molar-refractivity contribution in [1.29, 1.82) is 0 Å². The number of oxazole rings is 1. The van der Waals surface area contributed by atoms with Gasteiger partial charge in [-0.25, -0.2) is 9.36 Å². The summed E-state index contributed by atoms with van der Waals surface area (Å²) >= 11 is 0. The van der Waals surface area contributed by atoms with Crippen molar-refractivity contribution in [2.45, 2.75) is 13.8 Å². The summed E-state index contributed by atoms with van der Waals surface area (Å²) in [7, 11) is 0. The molecule has 0 aliphatic rings. The molecular weight excluding hydrogens is 260 g/mol. The van der Waals surface area contributed by atoms with Crippen LogP contribution in [-0.4, -0.2) is 10.5 Å². The Labute approximate surface area is 113 Å². The number of nitrogens with two attached hydrogens (primary N) is 1. The summed E-state index contributed by atoms with van der Waals surface area (Å²) in [5.74, 6) is -0.767. The Morgan fingerprint density at radius 2 is 2.05 bits per heavy atom. The van der Waals surface area contributed by atoms with E-state index < -0.39 is 11.7 Å². The molecule has 0 aliphatic carbocycles. The van der Waals surface area contributed by atoms with Crippen LogP contribution in [0.15, 0.2) is 38.1 Å². The Balaban J connectivity index is 2.30. The topological polar surface area (TPSA) is 91.4 Å². The third-order valence-electron chi connectivity index (χ3n) is 3.18. The van der Waals surface area contributed by atoms with Crippen LogP contribution in [0.3, 0.4) is 0 Å². The summed E-state index contributed by atoms with van der Waals surface area (Å²) < 4.78 is 11.2. The summed E-state index contributed by atoms with van der Waals surface area (Å²) in [4.78, 5) is 24.5. The van der Waals surface area contributed by atoms with Gasteiger partial charge in [0.1, 0.15) is 11.3 Å². The van der Waals surface area contributed by atoms with E-state index in [1.165, 1.54) is 12.3 Å². The van der Waals surface area contributed by atoms with Gasteiger partial charge in [-0.1, -0.05) is 0 Å². The first-order chi connectivity index (χ1) is 9.49. The van der Waals surface area contributed by atoms with Crippen molar-refractivity contribution < 1.29 is 13.6 Å². The predicted molar refractivity (Wildman–Crippen MR) is 72.8 cm³/mol. The van der Waals surface area contributed by atoms with Gasteiger partial charge in [-0.15, -0.1) is 0 Å². The molecular formula is C14H12N2O4. The lowest BCUT2D eigenvalue weighted by atomic mass is 10.1. The van der Waals surface area contributed by atoms with Crippen molar-refractivity contribution in [3.05, 3.63) is 51.9 Å². The van der Waals surface area contributed by atoms with Gasteiger partial charge >= 0.3 is 5.76 Å². The number of rotatable bonds is 1. The first-order valence-electron chi connectivity index (χ1n) is 5.99. The van der Waals surface area contributed by atoms with Crippen LogP contribution in [0.4, 0.5) is 5.69 Å². The van der Waals surface area contributed by atoms with E-state index in [0.29, 0.717) is 33.7 Å². The third-order valence-corrected chi connectivity index (χ3v) is 3.18. The number of anilines is 1. The molecule has 2 heterocycles.